The highest BCUT2D eigenvalue weighted by Gasteiger charge is 2.52. The standard InChI is InChI=1S/C9H21O12P3/c1-4-5(2)8(20-23(13,14)15)9(21-24(16,17)18)6(3)7(4)19-22(10,11)12/h4-9H,1-3H3,(H2,10,11,12)(H2,13,14,15)(H2,16,17,18)/t4?,5-,6-,7?,8-,9?/m1/s1. The van der Waals surface area contributed by atoms with Crippen LogP contribution < -0.4 is 0 Å². The van der Waals surface area contributed by atoms with Crippen molar-refractivity contribution in [2.24, 2.45) is 17.8 Å². The molecule has 6 atom stereocenters. The lowest BCUT2D eigenvalue weighted by Crippen LogP contribution is -2.54. The lowest BCUT2D eigenvalue weighted by molar-refractivity contribution is -0.128. The van der Waals surface area contributed by atoms with Gasteiger partial charge in [0, 0.05) is 5.92 Å². The van der Waals surface area contributed by atoms with Crippen LogP contribution in [0.5, 0.6) is 0 Å². The van der Waals surface area contributed by atoms with Crippen molar-refractivity contribution in [1.82, 2.24) is 0 Å². The molecule has 0 aromatic carbocycles. The topological polar surface area (TPSA) is 200 Å². The summed E-state index contributed by atoms with van der Waals surface area (Å²) in [5.41, 5.74) is 0. The molecule has 12 nitrogen and oxygen atoms in total. The van der Waals surface area contributed by atoms with E-state index in [1.807, 2.05) is 0 Å². The lowest BCUT2D eigenvalue weighted by Gasteiger charge is -2.47. The van der Waals surface area contributed by atoms with Crippen LogP contribution in [0.2, 0.25) is 0 Å². The zero-order valence-electron chi connectivity index (χ0n) is 12.9. The maximum atomic E-state index is 11.2. The molecule has 3 unspecified atom stereocenters. The fourth-order valence-electron chi connectivity index (χ4n) is 2.84. The van der Waals surface area contributed by atoms with Gasteiger partial charge in [-0.1, -0.05) is 20.8 Å². The number of hydrogen-bond acceptors (Lipinski definition) is 6. The molecule has 15 heteroatoms. The fraction of sp³-hybridized carbons (Fsp3) is 1.00. The van der Waals surface area contributed by atoms with Gasteiger partial charge in [-0.3, -0.25) is 13.6 Å². The van der Waals surface area contributed by atoms with E-state index in [1.54, 1.807) is 0 Å². The summed E-state index contributed by atoms with van der Waals surface area (Å²) in [7, 11) is -15.0. The van der Waals surface area contributed by atoms with Gasteiger partial charge in [-0.2, -0.15) is 0 Å². The van der Waals surface area contributed by atoms with Gasteiger partial charge in [-0.15, -0.1) is 0 Å². The van der Waals surface area contributed by atoms with E-state index in [-0.39, 0.29) is 0 Å². The van der Waals surface area contributed by atoms with Gasteiger partial charge in [-0.25, -0.2) is 13.7 Å². The Labute approximate surface area is 137 Å². The highest BCUT2D eigenvalue weighted by Crippen LogP contribution is 2.53. The first-order valence-electron chi connectivity index (χ1n) is 6.73. The Balaban J connectivity index is 3.23. The predicted octanol–water partition coefficient (Wildman–Crippen LogP) is 0.342. The molecule has 0 radical (unpaired) electrons. The van der Waals surface area contributed by atoms with Gasteiger partial charge in [0.25, 0.3) is 0 Å². The Morgan fingerprint density at radius 3 is 1.12 bits per heavy atom. The second kappa shape index (κ2) is 7.52. The maximum Gasteiger partial charge on any atom is 0.469 e. The summed E-state index contributed by atoms with van der Waals surface area (Å²) in [6.45, 7) is 4.26. The van der Waals surface area contributed by atoms with Crippen LogP contribution in [0.1, 0.15) is 20.8 Å². The molecule has 0 saturated heterocycles. The molecule has 0 bridgehead atoms. The summed E-state index contributed by atoms with van der Waals surface area (Å²) in [5, 5.41) is 0. The van der Waals surface area contributed by atoms with Crippen molar-refractivity contribution in [3.63, 3.8) is 0 Å². The van der Waals surface area contributed by atoms with E-state index in [4.69, 9.17) is 29.4 Å². The highest BCUT2D eigenvalue weighted by molar-refractivity contribution is 7.46. The van der Waals surface area contributed by atoms with E-state index in [0.29, 0.717) is 0 Å². The van der Waals surface area contributed by atoms with Crippen LogP contribution in [0.15, 0.2) is 0 Å². The van der Waals surface area contributed by atoms with Crippen molar-refractivity contribution in [3.8, 4) is 0 Å². The molecule has 0 amide bonds. The molecule has 1 aliphatic rings. The highest BCUT2D eigenvalue weighted by atomic mass is 31.2. The SMILES string of the molecule is CC1C(OP(=O)(O)O)[C@@H](C)C(OP(=O)(O)O)[C@H](OP(=O)(O)O)[C@@H]1C. The van der Waals surface area contributed by atoms with Gasteiger partial charge >= 0.3 is 23.5 Å². The minimum absolute atomic E-state index is 0.666. The number of rotatable bonds is 6. The third-order valence-corrected chi connectivity index (χ3v) is 5.56. The second-order valence-electron chi connectivity index (χ2n) is 5.76. The molecule has 1 fully saturated rings. The molecular weight excluding hydrogens is 393 g/mol. The third-order valence-electron chi connectivity index (χ3n) is 4.00. The number of hydrogen-bond donors (Lipinski definition) is 6. The van der Waals surface area contributed by atoms with Gasteiger partial charge < -0.3 is 29.4 Å². The molecule has 0 aliphatic heterocycles. The molecule has 0 aromatic rings. The van der Waals surface area contributed by atoms with Crippen LogP contribution >= 0.6 is 23.5 Å². The average molecular weight is 414 g/mol. The molecule has 0 spiro atoms. The molecule has 24 heavy (non-hydrogen) atoms. The molecule has 1 saturated carbocycles. The van der Waals surface area contributed by atoms with Crippen molar-refractivity contribution >= 4 is 23.5 Å². The summed E-state index contributed by atoms with van der Waals surface area (Å²) >= 11 is 0. The summed E-state index contributed by atoms with van der Waals surface area (Å²) in [5.74, 6) is -2.52. The van der Waals surface area contributed by atoms with Crippen molar-refractivity contribution < 1.29 is 56.6 Å². The molecule has 0 aromatic heterocycles. The predicted molar refractivity (Wildman–Crippen MR) is 78.2 cm³/mol. The van der Waals surface area contributed by atoms with Gasteiger partial charge in [-0.05, 0) is 11.8 Å². The number of phosphoric ester groups is 3. The summed E-state index contributed by atoms with van der Waals surface area (Å²) in [4.78, 5) is 54.1. The summed E-state index contributed by atoms with van der Waals surface area (Å²) in [6.07, 6.45) is -4.18. The molecule has 6 N–H and O–H groups in total. The van der Waals surface area contributed by atoms with E-state index >= 15 is 0 Å². The molecular formula is C9H21O12P3. The first-order chi connectivity index (χ1) is 10.5. The minimum Gasteiger partial charge on any atom is -0.303 e. The monoisotopic (exact) mass is 414 g/mol. The van der Waals surface area contributed by atoms with Crippen molar-refractivity contribution in [2.45, 2.75) is 39.1 Å². The van der Waals surface area contributed by atoms with Gasteiger partial charge in [0.1, 0.15) is 6.10 Å². The summed E-state index contributed by atoms with van der Waals surface area (Å²) in [6, 6.07) is 0. The maximum absolute atomic E-state index is 11.2. The molecule has 1 aliphatic carbocycles. The zero-order valence-corrected chi connectivity index (χ0v) is 15.6. The number of phosphoric acid groups is 3. The van der Waals surface area contributed by atoms with Crippen molar-refractivity contribution in [1.29, 1.82) is 0 Å². The Hall–Kier alpha value is 0.330. The first-order valence-corrected chi connectivity index (χ1v) is 11.3. The van der Waals surface area contributed by atoms with Crippen LogP contribution in [0.3, 0.4) is 0 Å². The van der Waals surface area contributed by atoms with E-state index < -0.39 is 59.5 Å². The summed E-state index contributed by atoms with van der Waals surface area (Å²) < 4.78 is 47.3. The molecule has 0 heterocycles. The minimum atomic E-state index is -5.08. The molecule has 1 rings (SSSR count). The largest absolute Gasteiger partial charge is 0.469 e. The van der Waals surface area contributed by atoms with Crippen LogP contribution in [0, 0.1) is 17.8 Å². The first kappa shape index (κ1) is 22.4. The van der Waals surface area contributed by atoms with Crippen LogP contribution in [0.4, 0.5) is 0 Å². The van der Waals surface area contributed by atoms with Crippen LogP contribution in [0.25, 0.3) is 0 Å². The molecule has 144 valence electrons. The average Bonchev–Trinajstić information content (AvgIpc) is 2.32. The Bertz CT molecular complexity index is 576. The Morgan fingerprint density at radius 2 is 0.792 bits per heavy atom. The van der Waals surface area contributed by atoms with Crippen LogP contribution in [-0.2, 0) is 27.3 Å². The fourth-order valence-corrected chi connectivity index (χ4v) is 4.80. The smallest absolute Gasteiger partial charge is 0.303 e. The van der Waals surface area contributed by atoms with Gasteiger partial charge in [0.05, 0.1) is 12.2 Å². The van der Waals surface area contributed by atoms with Crippen LogP contribution in [-0.4, -0.2) is 47.7 Å². The Kier molecular flexibility index (Phi) is 7.01. The van der Waals surface area contributed by atoms with E-state index in [0.717, 1.165) is 0 Å². The van der Waals surface area contributed by atoms with Crippen molar-refractivity contribution in [2.75, 3.05) is 0 Å². The quantitative estimate of drug-likeness (QED) is 0.326. The Morgan fingerprint density at radius 1 is 0.542 bits per heavy atom. The zero-order chi connectivity index (χ0) is 19.1. The van der Waals surface area contributed by atoms with E-state index in [9.17, 15) is 13.7 Å². The lowest BCUT2D eigenvalue weighted by atomic mass is 9.71. The van der Waals surface area contributed by atoms with E-state index in [1.165, 1.54) is 20.8 Å². The van der Waals surface area contributed by atoms with Crippen molar-refractivity contribution in [3.05, 3.63) is 0 Å². The second-order valence-corrected chi connectivity index (χ2v) is 9.34. The normalized spacial score (nSPS) is 35.9. The third kappa shape index (κ3) is 6.57. The van der Waals surface area contributed by atoms with Gasteiger partial charge in [0.2, 0.25) is 0 Å². The van der Waals surface area contributed by atoms with E-state index in [2.05, 4.69) is 13.6 Å². The van der Waals surface area contributed by atoms with Gasteiger partial charge in [0.15, 0.2) is 0 Å².